The Balaban J connectivity index is 2.42. The van der Waals surface area contributed by atoms with Gasteiger partial charge in [0.1, 0.15) is 0 Å². The van der Waals surface area contributed by atoms with Crippen molar-refractivity contribution in [3.8, 4) is 0 Å². The number of ether oxygens (including phenoxy) is 1. The van der Waals surface area contributed by atoms with Gasteiger partial charge in [0.25, 0.3) is 0 Å². The van der Waals surface area contributed by atoms with Crippen LogP contribution in [0.1, 0.15) is 26.2 Å². The van der Waals surface area contributed by atoms with Crippen LogP contribution in [0.5, 0.6) is 0 Å². The Morgan fingerprint density at radius 2 is 2.46 bits per heavy atom. The highest BCUT2D eigenvalue weighted by Crippen LogP contribution is 2.20. The largest absolute Gasteiger partial charge is 0.450 e. The van der Waals surface area contributed by atoms with E-state index in [1.165, 1.54) is 0 Å². The van der Waals surface area contributed by atoms with Gasteiger partial charge >= 0.3 is 6.09 Å². The highest BCUT2D eigenvalue weighted by Gasteiger charge is 2.28. The summed E-state index contributed by atoms with van der Waals surface area (Å²) in [6.07, 6.45) is 2.43. The van der Waals surface area contributed by atoms with Crippen molar-refractivity contribution in [3.05, 3.63) is 0 Å². The van der Waals surface area contributed by atoms with Crippen molar-refractivity contribution >= 4 is 6.09 Å². The zero-order valence-corrected chi connectivity index (χ0v) is 8.03. The smallest absolute Gasteiger partial charge is 0.409 e. The first-order chi connectivity index (χ1) is 6.29. The molecule has 1 fully saturated rings. The maximum atomic E-state index is 11.4. The molecule has 4 nitrogen and oxygen atoms in total. The molecule has 0 aliphatic carbocycles. The summed E-state index contributed by atoms with van der Waals surface area (Å²) >= 11 is 0. The summed E-state index contributed by atoms with van der Waals surface area (Å²) < 4.78 is 4.91. The third kappa shape index (κ3) is 2.59. The molecule has 4 heteroatoms. The Morgan fingerprint density at radius 1 is 1.69 bits per heavy atom. The molecule has 0 aromatic heterocycles. The number of aliphatic hydroxyl groups excluding tert-OH is 1. The van der Waals surface area contributed by atoms with E-state index >= 15 is 0 Å². The number of rotatable bonds is 3. The molecule has 0 saturated carbocycles. The van der Waals surface area contributed by atoms with Crippen molar-refractivity contribution in [2.45, 2.75) is 32.2 Å². The molecule has 76 valence electrons. The number of carbonyl (C=O) groups excluding carboxylic acids is 1. The fourth-order valence-corrected chi connectivity index (χ4v) is 1.73. The number of hydrogen-bond donors (Lipinski definition) is 1. The lowest BCUT2D eigenvalue weighted by atomic mass is 10.1. The van der Waals surface area contributed by atoms with E-state index in [1.807, 2.05) is 0 Å². The van der Waals surface area contributed by atoms with E-state index < -0.39 is 0 Å². The Morgan fingerprint density at radius 3 is 3.08 bits per heavy atom. The SMILES string of the molecule is CCOC(=O)N1CCCC1CCO. The second-order valence-corrected chi connectivity index (χ2v) is 3.20. The third-order valence-electron chi connectivity index (χ3n) is 2.34. The lowest BCUT2D eigenvalue weighted by molar-refractivity contribution is 0.0975. The van der Waals surface area contributed by atoms with Crippen LogP contribution in [0.3, 0.4) is 0 Å². The van der Waals surface area contributed by atoms with E-state index in [4.69, 9.17) is 9.84 Å². The Hall–Kier alpha value is -0.770. The van der Waals surface area contributed by atoms with Gasteiger partial charge in [0, 0.05) is 19.2 Å². The fourth-order valence-electron chi connectivity index (χ4n) is 1.73. The highest BCUT2D eigenvalue weighted by molar-refractivity contribution is 5.68. The second kappa shape index (κ2) is 5.07. The van der Waals surface area contributed by atoms with Crippen LogP contribution in [0.2, 0.25) is 0 Å². The first-order valence-electron chi connectivity index (χ1n) is 4.83. The molecule has 0 bridgehead atoms. The zero-order chi connectivity index (χ0) is 9.68. The van der Waals surface area contributed by atoms with Crippen LogP contribution in [0.4, 0.5) is 4.79 Å². The van der Waals surface area contributed by atoms with Gasteiger partial charge in [0.2, 0.25) is 0 Å². The van der Waals surface area contributed by atoms with Gasteiger partial charge in [-0.3, -0.25) is 0 Å². The van der Waals surface area contributed by atoms with Crippen molar-refractivity contribution in [1.29, 1.82) is 0 Å². The molecule has 1 aliphatic heterocycles. The van der Waals surface area contributed by atoms with Gasteiger partial charge in [-0.15, -0.1) is 0 Å². The van der Waals surface area contributed by atoms with Crippen LogP contribution < -0.4 is 0 Å². The van der Waals surface area contributed by atoms with Crippen LogP contribution in [-0.4, -0.2) is 41.9 Å². The molecule has 0 aromatic rings. The minimum absolute atomic E-state index is 0.139. The molecular weight excluding hydrogens is 170 g/mol. The lowest BCUT2D eigenvalue weighted by Gasteiger charge is -2.22. The minimum atomic E-state index is -0.238. The molecule has 0 radical (unpaired) electrons. The number of aliphatic hydroxyl groups is 1. The van der Waals surface area contributed by atoms with Crippen molar-refractivity contribution in [3.63, 3.8) is 0 Å². The van der Waals surface area contributed by atoms with Gasteiger partial charge in [-0.1, -0.05) is 0 Å². The van der Waals surface area contributed by atoms with E-state index in [2.05, 4.69) is 0 Å². The number of nitrogens with zero attached hydrogens (tertiary/aromatic N) is 1. The molecule has 0 aromatic carbocycles. The number of carbonyl (C=O) groups is 1. The second-order valence-electron chi connectivity index (χ2n) is 3.20. The molecule has 1 heterocycles. The highest BCUT2D eigenvalue weighted by atomic mass is 16.6. The topological polar surface area (TPSA) is 49.8 Å². The Labute approximate surface area is 78.5 Å². The van der Waals surface area contributed by atoms with Gasteiger partial charge in [-0.25, -0.2) is 4.79 Å². The summed E-state index contributed by atoms with van der Waals surface area (Å²) in [4.78, 5) is 13.1. The quantitative estimate of drug-likeness (QED) is 0.716. The average molecular weight is 187 g/mol. The summed E-state index contributed by atoms with van der Waals surface area (Å²) in [6.45, 7) is 3.13. The average Bonchev–Trinajstić information content (AvgIpc) is 2.54. The first-order valence-corrected chi connectivity index (χ1v) is 4.83. The summed E-state index contributed by atoms with van der Waals surface area (Å²) in [5.74, 6) is 0. The molecule has 1 saturated heterocycles. The molecule has 1 unspecified atom stereocenters. The molecule has 13 heavy (non-hydrogen) atoms. The molecule has 1 aliphatic rings. The third-order valence-corrected chi connectivity index (χ3v) is 2.34. The summed E-state index contributed by atoms with van der Waals surface area (Å²) in [5.41, 5.74) is 0. The Bertz CT molecular complexity index is 172. The van der Waals surface area contributed by atoms with E-state index in [-0.39, 0.29) is 18.7 Å². The van der Waals surface area contributed by atoms with Gasteiger partial charge in [0.15, 0.2) is 0 Å². The van der Waals surface area contributed by atoms with Crippen molar-refractivity contribution in [2.75, 3.05) is 19.8 Å². The number of likely N-dealkylation sites (tertiary alicyclic amines) is 1. The molecule has 1 rings (SSSR count). The molecule has 1 atom stereocenters. The van der Waals surface area contributed by atoms with Crippen molar-refractivity contribution < 1.29 is 14.6 Å². The molecule has 1 amide bonds. The maximum absolute atomic E-state index is 11.4. The van der Waals surface area contributed by atoms with Crippen LogP contribution in [-0.2, 0) is 4.74 Å². The van der Waals surface area contributed by atoms with E-state index in [0.717, 1.165) is 19.4 Å². The van der Waals surface area contributed by atoms with Gasteiger partial charge in [-0.05, 0) is 26.2 Å². The fraction of sp³-hybridized carbons (Fsp3) is 0.889. The van der Waals surface area contributed by atoms with Gasteiger partial charge in [0.05, 0.1) is 6.61 Å². The Kier molecular flexibility index (Phi) is 4.02. The zero-order valence-electron chi connectivity index (χ0n) is 8.03. The lowest BCUT2D eigenvalue weighted by Crippen LogP contribution is -2.36. The van der Waals surface area contributed by atoms with Crippen LogP contribution in [0, 0.1) is 0 Å². The van der Waals surface area contributed by atoms with Crippen LogP contribution in [0.15, 0.2) is 0 Å². The number of hydrogen-bond acceptors (Lipinski definition) is 3. The number of amides is 1. The van der Waals surface area contributed by atoms with E-state index in [1.54, 1.807) is 11.8 Å². The molecule has 0 spiro atoms. The monoisotopic (exact) mass is 187 g/mol. The predicted molar refractivity (Wildman–Crippen MR) is 48.5 cm³/mol. The van der Waals surface area contributed by atoms with Gasteiger partial charge < -0.3 is 14.7 Å². The summed E-state index contributed by atoms with van der Waals surface area (Å²) in [6, 6.07) is 0.184. The van der Waals surface area contributed by atoms with Gasteiger partial charge in [-0.2, -0.15) is 0 Å². The van der Waals surface area contributed by atoms with Crippen LogP contribution in [0.25, 0.3) is 0 Å². The first kappa shape index (κ1) is 10.3. The van der Waals surface area contributed by atoms with Crippen molar-refractivity contribution in [2.24, 2.45) is 0 Å². The van der Waals surface area contributed by atoms with Crippen LogP contribution >= 0.6 is 0 Å². The summed E-state index contributed by atoms with van der Waals surface area (Å²) in [7, 11) is 0. The predicted octanol–water partition coefficient (Wildman–Crippen LogP) is 0.990. The summed E-state index contributed by atoms with van der Waals surface area (Å²) in [5, 5.41) is 8.78. The standard InChI is InChI=1S/C9H17NO3/c1-2-13-9(12)10-6-3-4-8(10)5-7-11/h8,11H,2-7H2,1H3. The van der Waals surface area contributed by atoms with Crippen molar-refractivity contribution in [1.82, 2.24) is 4.90 Å². The molecular formula is C9H17NO3. The van der Waals surface area contributed by atoms with E-state index in [9.17, 15) is 4.79 Å². The molecule has 1 N–H and O–H groups in total. The minimum Gasteiger partial charge on any atom is -0.450 e. The normalized spacial score (nSPS) is 22.0. The maximum Gasteiger partial charge on any atom is 0.409 e. The van der Waals surface area contributed by atoms with E-state index in [0.29, 0.717) is 13.0 Å².